The molecule has 0 fully saturated rings. The molecular weight excluding hydrogens is 504 g/mol. The van der Waals surface area contributed by atoms with Crippen LogP contribution in [0.3, 0.4) is 0 Å². The Hall–Kier alpha value is -3.28. The van der Waals surface area contributed by atoms with Crippen LogP contribution in [-0.2, 0) is 10.0 Å². The van der Waals surface area contributed by atoms with Crippen LogP contribution in [0.15, 0.2) is 41.3 Å². The van der Waals surface area contributed by atoms with Crippen LogP contribution in [-0.4, -0.2) is 39.6 Å². The maximum Gasteiger partial charge on any atom is 0.346 e. The third-order valence-electron chi connectivity index (χ3n) is 4.83. The Balaban J connectivity index is 1.92. The smallest absolute Gasteiger partial charge is 0.346 e. The molecule has 2 aromatic carbocycles. The maximum absolute atomic E-state index is 13.1. The van der Waals surface area contributed by atoms with Gasteiger partial charge in [0.05, 0.1) is 34.8 Å². The lowest BCUT2D eigenvalue weighted by Crippen LogP contribution is -2.17. The number of carboxylic acid groups (broad SMARTS) is 1. The summed E-state index contributed by atoms with van der Waals surface area (Å²) >= 11 is 7.04. The van der Waals surface area contributed by atoms with Crippen molar-refractivity contribution in [2.45, 2.75) is 18.7 Å². The summed E-state index contributed by atoms with van der Waals surface area (Å²) in [4.78, 5) is 24.1. The summed E-state index contributed by atoms with van der Waals surface area (Å²) in [5.41, 5.74) is 1.26. The van der Waals surface area contributed by atoms with Crippen LogP contribution >= 0.6 is 22.9 Å². The van der Waals surface area contributed by atoms with E-state index in [-0.39, 0.29) is 31.8 Å². The Kier molecular flexibility index (Phi) is 7.39. The lowest BCUT2D eigenvalue weighted by Gasteiger charge is -2.15. The van der Waals surface area contributed by atoms with Crippen LogP contribution < -0.4 is 19.5 Å². The van der Waals surface area contributed by atoms with Crippen molar-refractivity contribution in [1.29, 1.82) is 0 Å². The number of anilines is 2. The quantitative estimate of drug-likeness (QED) is 0.386. The average molecular weight is 525 g/mol. The first kappa shape index (κ1) is 25.3. The summed E-state index contributed by atoms with van der Waals surface area (Å²) in [7, 11) is -1.33. The second-order valence-electron chi connectivity index (χ2n) is 7.15. The zero-order valence-electron chi connectivity index (χ0n) is 18.6. The zero-order chi connectivity index (χ0) is 25.2. The molecule has 0 saturated heterocycles. The van der Waals surface area contributed by atoms with Crippen LogP contribution in [0.5, 0.6) is 11.5 Å². The normalized spacial score (nSPS) is 11.1. The monoisotopic (exact) mass is 524 g/mol. The second kappa shape index (κ2) is 9.92. The van der Waals surface area contributed by atoms with Gasteiger partial charge in [-0.3, -0.25) is 9.52 Å². The van der Waals surface area contributed by atoms with Crippen molar-refractivity contribution in [2.75, 3.05) is 24.3 Å². The zero-order valence-corrected chi connectivity index (χ0v) is 20.9. The van der Waals surface area contributed by atoms with Crippen LogP contribution in [0.25, 0.3) is 0 Å². The molecule has 12 heteroatoms. The van der Waals surface area contributed by atoms with E-state index in [4.69, 9.17) is 21.1 Å². The SMILES string of the molecule is COc1cc(OC)c(NS(=O)(=O)c2ccc(C)c(C(=O)Nc3cc(C)c(C(=O)O)s3)c2)cc1Cl. The number of carbonyl (C=O) groups excluding carboxylic acids is 1. The number of thiophene rings is 1. The molecule has 34 heavy (non-hydrogen) atoms. The minimum atomic E-state index is -4.13. The van der Waals surface area contributed by atoms with Crippen molar-refractivity contribution in [3.8, 4) is 11.5 Å². The molecule has 180 valence electrons. The number of benzene rings is 2. The topological polar surface area (TPSA) is 131 Å². The van der Waals surface area contributed by atoms with Crippen molar-refractivity contribution in [3.63, 3.8) is 0 Å². The van der Waals surface area contributed by atoms with Gasteiger partial charge < -0.3 is 19.9 Å². The van der Waals surface area contributed by atoms with Crippen molar-refractivity contribution in [1.82, 2.24) is 0 Å². The Morgan fingerprint density at radius 1 is 1.00 bits per heavy atom. The van der Waals surface area contributed by atoms with Crippen molar-refractivity contribution < 1.29 is 32.6 Å². The highest BCUT2D eigenvalue weighted by molar-refractivity contribution is 7.92. The minimum absolute atomic E-state index is 0.0927. The molecule has 0 aliphatic heterocycles. The van der Waals surface area contributed by atoms with Gasteiger partial charge in [0.1, 0.15) is 16.4 Å². The molecular formula is C22H21ClN2O7S2. The lowest BCUT2D eigenvalue weighted by atomic mass is 10.1. The Morgan fingerprint density at radius 2 is 1.68 bits per heavy atom. The fourth-order valence-corrected chi connectivity index (χ4v) is 5.33. The summed E-state index contributed by atoms with van der Waals surface area (Å²) in [6.45, 7) is 3.28. The first-order chi connectivity index (χ1) is 16.0. The molecule has 0 saturated carbocycles. The highest BCUT2D eigenvalue weighted by atomic mass is 35.5. The highest BCUT2D eigenvalue weighted by Gasteiger charge is 2.22. The van der Waals surface area contributed by atoms with Gasteiger partial charge in [-0.2, -0.15) is 0 Å². The fourth-order valence-electron chi connectivity index (χ4n) is 3.09. The first-order valence-corrected chi connectivity index (χ1v) is 12.3. The number of ether oxygens (including phenoxy) is 2. The number of carbonyl (C=O) groups is 2. The van der Waals surface area contributed by atoms with Crippen LogP contribution in [0.1, 0.15) is 31.2 Å². The number of aromatic carboxylic acids is 1. The number of sulfonamides is 1. The van der Waals surface area contributed by atoms with Gasteiger partial charge in [-0.1, -0.05) is 17.7 Å². The van der Waals surface area contributed by atoms with Crippen molar-refractivity contribution >= 4 is 55.5 Å². The predicted molar refractivity (Wildman–Crippen MR) is 131 cm³/mol. The molecule has 0 aliphatic rings. The maximum atomic E-state index is 13.1. The molecule has 0 radical (unpaired) electrons. The number of aryl methyl sites for hydroxylation is 2. The number of carboxylic acids is 1. The fraction of sp³-hybridized carbons (Fsp3) is 0.182. The van der Waals surface area contributed by atoms with Gasteiger partial charge in [-0.05, 0) is 49.2 Å². The number of amides is 1. The first-order valence-electron chi connectivity index (χ1n) is 9.67. The molecule has 3 N–H and O–H groups in total. The Morgan fingerprint density at radius 3 is 2.26 bits per heavy atom. The molecule has 0 aliphatic carbocycles. The predicted octanol–water partition coefficient (Wildman–Crippen LogP) is 4.79. The number of hydrogen-bond acceptors (Lipinski definition) is 7. The molecule has 9 nitrogen and oxygen atoms in total. The molecule has 1 amide bonds. The van der Waals surface area contributed by atoms with Gasteiger partial charge in [0.2, 0.25) is 0 Å². The molecule has 0 unspecified atom stereocenters. The number of halogens is 1. The Labute approximate surface area is 205 Å². The number of rotatable bonds is 8. The van der Waals surface area contributed by atoms with E-state index in [9.17, 15) is 23.1 Å². The summed E-state index contributed by atoms with van der Waals surface area (Å²) < 4.78 is 38.9. The van der Waals surface area contributed by atoms with Crippen molar-refractivity contribution in [3.05, 3.63) is 63.0 Å². The van der Waals surface area contributed by atoms with Gasteiger partial charge in [0.15, 0.2) is 0 Å². The van der Waals surface area contributed by atoms with Crippen LogP contribution in [0.2, 0.25) is 5.02 Å². The van der Waals surface area contributed by atoms with Gasteiger partial charge in [-0.25, -0.2) is 13.2 Å². The number of methoxy groups -OCH3 is 2. The van der Waals surface area contributed by atoms with E-state index in [0.717, 1.165) is 11.3 Å². The van der Waals surface area contributed by atoms with E-state index in [1.54, 1.807) is 19.9 Å². The number of nitrogens with one attached hydrogen (secondary N) is 2. The molecule has 0 bridgehead atoms. The minimum Gasteiger partial charge on any atom is -0.495 e. The van der Waals surface area contributed by atoms with E-state index in [2.05, 4.69) is 10.0 Å². The molecule has 1 aromatic heterocycles. The van der Waals surface area contributed by atoms with Gasteiger partial charge in [-0.15, -0.1) is 11.3 Å². The van der Waals surface area contributed by atoms with Gasteiger partial charge >= 0.3 is 5.97 Å². The van der Waals surface area contributed by atoms with Gasteiger partial charge in [0.25, 0.3) is 15.9 Å². The molecule has 1 heterocycles. The summed E-state index contributed by atoms with van der Waals surface area (Å²) in [5, 5.41) is 12.4. The van der Waals surface area contributed by atoms with E-state index in [1.807, 2.05) is 0 Å². The standard InChI is InChI=1S/C22H21ClN2O7S2/c1-11-5-6-13(8-14(11)21(26)24-19-7-12(2)20(33-19)22(27)28)34(29,30)25-16-9-15(23)17(31-3)10-18(16)32-4/h5-10,25H,1-4H3,(H,24,26)(H,27,28). The van der Waals surface area contributed by atoms with Crippen LogP contribution in [0, 0.1) is 13.8 Å². The summed E-state index contributed by atoms with van der Waals surface area (Å²) in [6, 6.07) is 8.46. The number of hydrogen-bond donors (Lipinski definition) is 3. The Bertz CT molecular complexity index is 1380. The largest absolute Gasteiger partial charge is 0.495 e. The third kappa shape index (κ3) is 5.27. The van der Waals surface area contributed by atoms with Crippen molar-refractivity contribution in [2.24, 2.45) is 0 Å². The second-order valence-corrected chi connectivity index (χ2v) is 10.3. The average Bonchev–Trinajstić information content (AvgIpc) is 3.14. The van der Waals surface area contributed by atoms with E-state index >= 15 is 0 Å². The third-order valence-corrected chi connectivity index (χ3v) is 7.63. The molecule has 3 rings (SSSR count). The molecule has 0 spiro atoms. The summed E-state index contributed by atoms with van der Waals surface area (Å²) in [6.07, 6.45) is 0. The highest BCUT2D eigenvalue weighted by Crippen LogP contribution is 2.37. The summed E-state index contributed by atoms with van der Waals surface area (Å²) in [5.74, 6) is -1.16. The molecule has 0 atom stereocenters. The van der Waals surface area contributed by atoms with E-state index in [1.165, 1.54) is 44.6 Å². The van der Waals surface area contributed by atoms with Crippen LogP contribution in [0.4, 0.5) is 10.7 Å². The van der Waals surface area contributed by atoms with E-state index < -0.39 is 21.9 Å². The van der Waals surface area contributed by atoms with Gasteiger partial charge in [0, 0.05) is 11.6 Å². The van der Waals surface area contributed by atoms with E-state index in [0.29, 0.717) is 21.9 Å². The lowest BCUT2D eigenvalue weighted by molar-refractivity contribution is 0.0701. The molecule has 3 aromatic rings.